The maximum atomic E-state index is 12.0. The summed E-state index contributed by atoms with van der Waals surface area (Å²) in [7, 11) is -2.94. The lowest BCUT2D eigenvalue weighted by atomic mass is 10.2. The Morgan fingerprint density at radius 2 is 2.09 bits per heavy atom. The lowest BCUT2D eigenvalue weighted by Crippen LogP contribution is -2.19. The zero-order valence-corrected chi connectivity index (χ0v) is 14.4. The normalized spacial score (nSPS) is 19.3. The first-order valence-electron chi connectivity index (χ1n) is 7.29. The standard InChI is InChI=1S/C15H19NO5S2/c1-2-21-15(18)12-5-3-4-6-13(12)16-14(17)9-22-11-7-8-23(19,20)10-11/h3-6,11H,2,7-10H2,1H3,(H,16,17). The van der Waals surface area contributed by atoms with Crippen molar-refractivity contribution in [2.45, 2.75) is 18.6 Å². The number of nitrogens with one attached hydrogen (secondary N) is 1. The van der Waals surface area contributed by atoms with Crippen LogP contribution in [0.3, 0.4) is 0 Å². The third kappa shape index (κ3) is 5.24. The van der Waals surface area contributed by atoms with Crippen molar-refractivity contribution >= 4 is 39.2 Å². The molecular formula is C15H19NO5S2. The quantitative estimate of drug-likeness (QED) is 0.780. The van der Waals surface area contributed by atoms with E-state index in [1.807, 2.05) is 0 Å². The van der Waals surface area contributed by atoms with Gasteiger partial charge >= 0.3 is 5.97 Å². The van der Waals surface area contributed by atoms with Crippen LogP contribution in [0.1, 0.15) is 23.7 Å². The SMILES string of the molecule is CCOC(=O)c1ccccc1NC(=O)CSC1CCS(=O)(=O)C1. The Morgan fingerprint density at radius 1 is 1.35 bits per heavy atom. The molecule has 1 heterocycles. The van der Waals surface area contributed by atoms with E-state index in [9.17, 15) is 18.0 Å². The summed E-state index contributed by atoms with van der Waals surface area (Å²) in [5, 5.41) is 2.65. The number of anilines is 1. The van der Waals surface area contributed by atoms with Crippen LogP contribution in [0.5, 0.6) is 0 Å². The van der Waals surface area contributed by atoms with Gasteiger partial charge in [0, 0.05) is 5.25 Å². The summed E-state index contributed by atoms with van der Waals surface area (Å²) in [6, 6.07) is 6.63. The number of rotatable bonds is 6. The number of amides is 1. The molecule has 1 fully saturated rings. The highest BCUT2D eigenvalue weighted by Gasteiger charge is 2.28. The van der Waals surface area contributed by atoms with Gasteiger partial charge in [0.2, 0.25) is 5.91 Å². The zero-order valence-electron chi connectivity index (χ0n) is 12.8. The van der Waals surface area contributed by atoms with Gasteiger partial charge in [0.05, 0.1) is 35.1 Å². The van der Waals surface area contributed by atoms with Crippen molar-refractivity contribution in [3.05, 3.63) is 29.8 Å². The molecule has 2 rings (SSSR count). The van der Waals surface area contributed by atoms with Crippen LogP contribution >= 0.6 is 11.8 Å². The molecule has 0 bridgehead atoms. The number of para-hydroxylation sites is 1. The van der Waals surface area contributed by atoms with Gasteiger partial charge in [-0.2, -0.15) is 0 Å². The van der Waals surface area contributed by atoms with Crippen molar-refractivity contribution in [2.24, 2.45) is 0 Å². The Labute approximate surface area is 139 Å². The largest absolute Gasteiger partial charge is 0.462 e. The number of benzene rings is 1. The molecule has 8 heteroatoms. The van der Waals surface area contributed by atoms with E-state index in [1.54, 1.807) is 31.2 Å². The zero-order chi connectivity index (χ0) is 16.9. The van der Waals surface area contributed by atoms with Gasteiger partial charge in [0.15, 0.2) is 9.84 Å². The number of thioether (sulfide) groups is 1. The number of esters is 1. The molecule has 0 saturated carbocycles. The fourth-order valence-corrected chi connectivity index (χ4v) is 5.69. The molecule has 1 aliphatic heterocycles. The van der Waals surface area contributed by atoms with Gasteiger partial charge in [-0.15, -0.1) is 11.8 Å². The number of hydrogen-bond donors (Lipinski definition) is 1. The second-order valence-electron chi connectivity index (χ2n) is 5.15. The van der Waals surface area contributed by atoms with Gasteiger partial charge in [-0.05, 0) is 25.5 Å². The summed E-state index contributed by atoms with van der Waals surface area (Å²) in [6.07, 6.45) is 0.583. The molecular weight excluding hydrogens is 338 g/mol. The van der Waals surface area contributed by atoms with Crippen molar-refractivity contribution in [3.63, 3.8) is 0 Å². The van der Waals surface area contributed by atoms with Crippen molar-refractivity contribution in [2.75, 3.05) is 29.2 Å². The fourth-order valence-electron chi connectivity index (χ4n) is 2.25. The number of carbonyl (C=O) groups excluding carboxylic acids is 2. The predicted octanol–water partition coefficient (Wildman–Crippen LogP) is 1.72. The Hall–Kier alpha value is -1.54. The first-order chi connectivity index (χ1) is 10.9. The smallest absolute Gasteiger partial charge is 0.340 e. The lowest BCUT2D eigenvalue weighted by Gasteiger charge is -2.11. The lowest BCUT2D eigenvalue weighted by molar-refractivity contribution is -0.113. The van der Waals surface area contributed by atoms with Crippen molar-refractivity contribution in [1.82, 2.24) is 0 Å². The highest BCUT2D eigenvalue weighted by atomic mass is 32.2. The number of sulfone groups is 1. The van der Waals surface area contributed by atoms with Crippen LogP contribution in [-0.2, 0) is 19.4 Å². The number of ether oxygens (including phenoxy) is 1. The molecule has 1 N–H and O–H groups in total. The summed E-state index contributed by atoms with van der Waals surface area (Å²) >= 11 is 1.33. The number of carbonyl (C=O) groups is 2. The molecule has 1 amide bonds. The Morgan fingerprint density at radius 3 is 2.74 bits per heavy atom. The summed E-state index contributed by atoms with van der Waals surface area (Å²) in [4.78, 5) is 23.9. The molecule has 23 heavy (non-hydrogen) atoms. The van der Waals surface area contributed by atoms with Crippen LogP contribution in [0.25, 0.3) is 0 Å². The highest BCUT2D eigenvalue weighted by Crippen LogP contribution is 2.24. The minimum atomic E-state index is -2.94. The van der Waals surface area contributed by atoms with Crippen molar-refractivity contribution in [3.8, 4) is 0 Å². The Balaban J connectivity index is 1.92. The summed E-state index contributed by atoms with van der Waals surface area (Å²) < 4.78 is 27.7. The summed E-state index contributed by atoms with van der Waals surface area (Å²) in [5.74, 6) is -0.284. The van der Waals surface area contributed by atoms with E-state index in [2.05, 4.69) is 5.32 Å². The van der Waals surface area contributed by atoms with Crippen LogP contribution < -0.4 is 5.32 Å². The van der Waals surface area contributed by atoms with Crippen LogP contribution in [0, 0.1) is 0 Å². The molecule has 1 aliphatic rings. The van der Waals surface area contributed by atoms with Gasteiger partial charge in [-0.25, -0.2) is 13.2 Å². The predicted molar refractivity (Wildman–Crippen MR) is 90.5 cm³/mol. The number of hydrogen-bond acceptors (Lipinski definition) is 6. The monoisotopic (exact) mass is 357 g/mol. The van der Waals surface area contributed by atoms with E-state index in [0.717, 1.165) is 0 Å². The minimum absolute atomic E-state index is 0.0361. The molecule has 1 atom stereocenters. The van der Waals surface area contributed by atoms with Crippen LogP contribution in [0.4, 0.5) is 5.69 Å². The van der Waals surface area contributed by atoms with Crippen molar-refractivity contribution < 1.29 is 22.7 Å². The molecule has 1 unspecified atom stereocenters. The average Bonchev–Trinajstić information content (AvgIpc) is 2.85. The van der Waals surface area contributed by atoms with Gasteiger partial charge in [0.25, 0.3) is 0 Å². The maximum Gasteiger partial charge on any atom is 0.340 e. The molecule has 1 aromatic rings. The second-order valence-corrected chi connectivity index (χ2v) is 8.67. The third-order valence-corrected chi connectivity index (χ3v) is 6.62. The molecule has 0 spiro atoms. The highest BCUT2D eigenvalue weighted by molar-refractivity contribution is 8.02. The van der Waals surface area contributed by atoms with Crippen LogP contribution in [0.15, 0.2) is 24.3 Å². The average molecular weight is 357 g/mol. The van der Waals surface area contributed by atoms with Crippen LogP contribution in [0.2, 0.25) is 0 Å². The van der Waals surface area contributed by atoms with Gasteiger partial charge in [-0.3, -0.25) is 4.79 Å². The third-order valence-electron chi connectivity index (χ3n) is 3.34. The van der Waals surface area contributed by atoms with E-state index in [1.165, 1.54) is 11.8 Å². The first kappa shape index (κ1) is 17.8. The van der Waals surface area contributed by atoms with Crippen molar-refractivity contribution in [1.29, 1.82) is 0 Å². The molecule has 0 aromatic heterocycles. The van der Waals surface area contributed by atoms with E-state index < -0.39 is 15.8 Å². The second kappa shape index (κ2) is 7.83. The Bertz CT molecular complexity index is 687. The van der Waals surface area contributed by atoms with Gasteiger partial charge < -0.3 is 10.1 Å². The molecule has 1 aromatic carbocycles. The maximum absolute atomic E-state index is 12.0. The van der Waals surface area contributed by atoms with Gasteiger partial charge in [0.1, 0.15) is 0 Å². The summed E-state index contributed by atoms with van der Waals surface area (Å²) in [5.41, 5.74) is 0.701. The van der Waals surface area contributed by atoms with Gasteiger partial charge in [-0.1, -0.05) is 12.1 Å². The molecule has 6 nitrogen and oxygen atoms in total. The summed E-state index contributed by atoms with van der Waals surface area (Å²) in [6.45, 7) is 1.97. The minimum Gasteiger partial charge on any atom is -0.462 e. The molecule has 126 valence electrons. The van der Waals surface area contributed by atoms with E-state index in [4.69, 9.17) is 4.74 Å². The Kier molecular flexibility index (Phi) is 6.06. The van der Waals surface area contributed by atoms with E-state index in [0.29, 0.717) is 17.7 Å². The van der Waals surface area contributed by atoms with E-state index >= 15 is 0 Å². The first-order valence-corrected chi connectivity index (χ1v) is 10.2. The van der Waals surface area contributed by atoms with Crippen LogP contribution in [-0.4, -0.2) is 49.4 Å². The fraction of sp³-hybridized carbons (Fsp3) is 0.467. The topological polar surface area (TPSA) is 89.5 Å². The molecule has 0 radical (unpaired) electrons. The molecule has 1 saturated heterocycles. The van der Waals surface area contributed by atoms with E-state index in [-0.39, 0.29) is 35.0 Å². The molecule has 0 aliphatic carbocycles.